The van der Waals surface area contributed by atoms with Gasteiger partial charge in [0, 0.05) is 12.2 Å². The molecule has 1 aromatic heterocycles. The van der Waals surface area contributed by atoms with Gasteiger partial charge in [0.25, 0.3) is 0 Å². The standard InChI is InChI=1S/C7H6ClN3OS/c8-7-9-3-4-6(11-7)13-2-1-5(12)10-4/h3H,1-2H2,(H,10,12). The molecule has 0 unspecified atom stereocenters. The van der Waals surface area contributed by atoms with Crippen molar-refractivity contribution in [3.8, 4) is 0 Å². The van der Waals surface area contributed by atoms with Crippen LogP contribution in [0, 0.1) is 0 Å². The van der Waals surface area contributed by atoms with Crippen molar-refractivity contribution >= 4 is 35.0 Å². The molecule has 1 amide bonds. The van der Waals surface area contributed by atoms with Gasteiger partial charge in [-0.25, -0.2) is 9.97 Å². The molecule has 1 aliphatic rings. The minimum atomic E-state index is -0.00262. The molecule has 0 bridgehead atoms. The summed E-state index contributed by atoms with van der Waals surface area (Å²) in [6.45, 7) is 0. The third kappa shape index (κ3) is 1.92. The minimum Gasteiger partial charge on any atom is -0.322 e. The van der Waals surface area contributed by atoms with E-state index in [2.05, 4.69) is 15.3 Å². The van der Waals surface area contributed by atoms with E-state index in [9.17, 15) is 4.79 Å². The fraction of sp³-hybridized carbons (Fsp3) is 0.286. The average Bonchev–Trinajstić information content (AvgIpc) is 2.25. The molecule has 0 atom stereocenters. The fourth-order valence-electron chi connectivity index (χ4n) is 0.995. The van der Waals surface area contributed by atoms with Gasteiger partial charge in [0.2, 0.25) is 11.2 Å². The predicted octanol–water partition coefficient (Wildman–Crippen LogP) is 1.56. The summed E-state index contributed by atoms with van der Waals surface area (Å²) >= 11 is 7.13. The van der Waals surface area contributed by atoms with E-state index in [1.165, 1.54) is 18.0 Å². The normalized spacial score (nSPS) is 15.9. The molecule has 0 aromatic carbocycles. The van der Waals surface area contributed by atoms with E-state index in [0.29, 0.717) is 12.1 Å². The van der Waals surface area contributed by atoms with E-state index in [-0.39, 0.29) is 11.2 Å². The van der Waals surface area contributed by atoms with Gasteiger partial charge in [-0.1, -0.05) is 0 Å². The number of carbonyl (C=O) groups excluding carboxylic acids is 1. The quantitative estimate of drug-likeness (QED) is 0.527. The maximum Gasteiger partial charge on any atom is 0.225 e. The molecule has 1 N–H and O–H groups in total. The van der Waals surface area contributed by atoms with Crippen LogP contribution in [-0.4, -0.2) is 21.6 Å². The Bertz CT molecular complexity index is 358. The number of rotatable bonds is 0. The van der Waals surface area contributed by atoms with E-state index < -0.39 is 0 Å². The van der Waals surface area contributed by atoms with Gasteiger partial charge in [-0.05, 0) is 11.6 Å². The number of thioether (sulfide) groups is 1. The van der Waals surface area contributed by atoms with Crippen LogP contribution in [0.2, 0.25) is 5.28 Å². The summed E-state index contributed by atoms with van der Waals surface area (Å²) in [5, 5.41) is 3.66. The molecule has 6 heteroatoms. The van der Waals surface area contributed by atoms with Gasteiger partial charge in [-0.15, -0.1) is 11.8 Å². The minimum absolute atomic E-state index is 0.00262. The zero-order valence-corrected chi connectivity index (χ0v) is 8.15. The van der Waals surface area contributed by atoms with Crippen molar-refractivity contribution in [2.24, 2.45) is 0 Å². The number of anilines is 1. The van der Waals surface area contributed by atoms with Crippen molar-refractivity contribution in [2.75, 3.05) is 11.1 Å². The molecular formula is C7H6ClN3OS. The highest BCUT2D eigenvalue weighted by molar-refractivity contribution is 7.99. The number of nitrogens with zero attached hydrogens (tertiary/aromatic N) is 2. The van der Waals surface area contributed by atoms with Crippen molar-refractivity contribution in [1.82, 2.24) is 9.97 Å². The van der Waals surface area contributed by atoms with Crippen LogP contribution in [0.4, 0.5) is 5.69 Å². The van der Waals surface area contributed by atoms with Crippen LogP contribution in [0.5, 0.6) is 0 Å². The lowest BCUT2D eigenvalue weighted by Crippen LogP contribution is -2.10. The largest absolute Gasteiger partial charge is 0.322 e. The SMILES string of the molecule is O=C1CCSc2nc(Cl)ncc2N1. The van der Waals surface area contributed by atoms with Gasteiger partial charge in [0.15, 0.2) is 0 Å². The maximum absolute atomic E-state index is 11.1. The zero-order valence-electron chi connectivity index (χ0n) is 6.58. The topological polar surface area (TPSA) is 54.9 Å². The molecule has 4 nitrogen and oxygen atoms in total. The Hall–Kier alpha value is -0.810. The molecule has 0 saturated carbocycles. The maximum atomic E-state index is 11.1. The van der Waals surface area contributed by atoms with Crippen LogP contribution in [0.25, 0.3) is 0 Å². The first kappa shape index (κ1) is 8.77. The number of fused-ring (bicyclic) bond motifs is 1. The molecule has 2 heterocycles. The van der Waals surface area contributed by atoms with Crippen LogP contribution in [0.3, 0.4) is 0 Å². The summed E-state index contributed by atoms with van der Waals surface area (Å²) in [6.07, 6.45) is 2.03. The second-order valence-corrected chi connectivity index (χ2v) is 3.93. The van der Waals surface area contributed by atoms with E-state index in [4.69, 9.17) is 11.6 Å². The van der Waals surface area contributed by atoms with E-state index in [1.807, 2.05) is 0 Å². The fourth-order valence-corrected chi connectivity index (χ4v) is 2.07. The Morgan fingerprint density at radius 1 is 1.62 bits per heavy atom. The lowest BCUT2D eigenvalue weighted by Gasteiger charge is -2.02. The van der Waals surface area contributed by atoms with Gasteiger partial charge in [-0.3, -0.25) is 4.79 Å². The third-order valence-electron chi connectivity index (χ3n) is 1.57. The smallest absolute Gasteiger partial charge is 0.225 e. The summed E-state index contributed by atoms with van der Waals surface area (Å²) in [7, 11) is 0. The Labute approximate surface area is 84.1 Å². The monoisotopic (exact) mass is 215 g/mol. The molecule has 0 radical (unpaired) electrons. The van der Waals surface area contributed by atoms with E-state index in [0.717, 1.165) is 10.8 Å². The first-order chi connectivity index (χ1) is 6.25. The van der Waals surface area contributed by atoms with Crippen LogP contribution in [0.15, 0.2) is 11.2 Å². The second kappa shape index (κ2) is 3.51. The van der Waals surface area contributed by atoms with Crippen molar-refractivity contribution in [2.45, 2.75) is 11.4 Å². The summed E-state index contributed by atoms with van der Waals surface area (Å²) in [4.78, 5) is 18.9. The molecule has 1 aromatic rings. The number of halogens is 1. The number of carbonyl (C=O) groups is 1. The molecular weight excluding hydrogens is 210 g/mol. The number of hydrogen-bond acceptors (Lipinski definition) is 4. The highest BCUT2D eigenvalue weighted by atomic mass is 35.5. The summed E-state index contributed by atoms with van der Waals surface area (Å²) in [5.41, 5.74) is 0.650. The van der Waals surface area contributed by atoms with Gasteiger partial charge in [0.1, 0.15) is 5.03 Å². The first-order valence-corrected chi connectivity index (χ1v) is 5.07. The number of amides is 1. The average molecular weight is 216 g/mol. The van der Waals surface area contributed by atoms with Gasteiger partial charge in [0.05, 0.1) is 11.9 Å². The summed E-state index contributed by atoms with van der Waals surface area (Å²) < 4.78 is 0. The van der Waals surface area contributed by atoms with Crippen molar-refractivity contribution < 1.29 is 4.79 Å². The number of nitrogens with one attached hydrogen (secondary N) is 1. The van der Waals surface area contributed by atoms with Gasteiger partial charge >= 0.3 is 0 Å². The van der Waals surface area contributed by atoms with E-state index >= 15 is 0 Å². The van der Waals surface area contributed by atoms with E-state index in [1.54, 1.807) is 0 Å². The molecule has 0 saturated heterocycles. The molecule has 13 heavy (non-hydrogen) atoms. The Balaban J connectivity index is 2.40. The Morgan fingerprint density at radius 2 is 2.46 bits per heavy atom. The van der Waals surface area contributed by atoms with Crippen molar-refractivity contribution in [3.63, 3.8) is 0 Å². The highest BCUT2D eigenvalue weighted by Gasteiger charge is 2.14. The van der Waals surface area contributed by atoms with Crippen molar-refractivity contribution in [3.05, 3.63) is 11.5 Å². The van der Waals surface area contributed by atoms with Crippen LogP contribution in [-0.2, 0) is 4.79 Å². The molecule has 68 valence electrons. The Morgan fingerprint density at radius 3 is 3.31 bits per heavy atom. The second-order valence-electron chi connectivity index (χ2n) is 2.50. The molecule has 1 aliphatic heterocycles. The summed E-state index contributed by atoms with van der Waals surface area (Å²) in [5.74, 6) is 0.726. The first-order valence-electron chi connectivity index (χ1n) is 3.71. The zero-order chi connectivity index (χ0) is 9.26. The summed E-state index contributed by atoms with van der Waals surface area (Å²) in [6, 6.07) is 0. The lowest BCUT2D eigenvalue weighted by atomic mass is 10.4. The van der Waals surface area contributed by atoms with Crippen molar-refractivity contribution in [1.29, 1.82) is 0 Å². The molecule has 0 spiro atoms. The van der Waals surface area contributed by atoms with Crippen LogP contribution in [0.1, 0.15) is 6.42 Å². The molecule has 0 aliphatic carbocycles. The highest BCUT2D eigenvalue weighted by Crippen LogP contribution is 2.28. The number of aromatic nitrogens is 2. The lowest BCUT2D eigenvalue weighted by molar-refractivity contribution is -0.115. The van der Waals surface area contributed by atoms with Crippen LogP contribution < -0.4 is 5.32 Å². The molecule has 2 rings (SSSR count). The van der Waals surface area contributed by atoms with Gasteiger partial charge < -0.3 is 5.32 Å². The third-order valence-corrected chi connectivity index (χ3v) is 2.74. The number of hydrogen-bond donors (Lipinski definition) is 1. The van der Waals surface area contributed by atoms with Gasteiger partial charge in [-0.2, -0.15) is 0 Å². The predicted molar refractivity (Wildman–Crippen MR) is 51.0 cm³/mol. The molecule has 0 fully saturated rings. The van der Waals surface area contributed by atoms with Crippen LogP contribution >= 0.6 is 23.4 Å². The Kier molecular flexibility index (Phi) is 2.37.